The lowest BCUT2D eigenvalue weighted by molar-refractivity contribution is -0.141. The Kier molecular flexibility index (Phi) is 3.45. The molecule has 0 radical (unpaired) electrons. The van der Waals surface area contributed by atoms with Crippen LogP contribution in [0.4, 0.5) is 0 Å². The lowest BCUT2D eigenvalue weighted by Crippen LogP contribution is -2.09. The van der Waals surface area contributed by atoms with Gasteiger partial charge in [-0.2, -0.15) is 4.98 Å². The minimum absolute atomic E-state index is 0.129. The number of rotatable bonds is 4. The normalized spacial score (nSPS) is 24.4. The van der Waals surface area contributed by atoms with Crippen LogP contribution >= 0.6 is 0 Å². The van der Waals surface area contributed by atoms with Gasteiger partial charge in [0.05, 0.1) is 5.92 Å². The summed E-state index contributed by atoms with van der Waals surface area (Å²) in [5.41, 5.74) is 0. The highest BCUT2D eigenvalue weighted by Gasteiger charge is 2.33. The van der Waals surface area contributed by atoms with Crippen molar-refractivity contribution in [3.8, 4) is 0 Å². The Morgan fingerprint density at radius 3 is 2.88 bits per heavy atom. The SMILES string of the molecule is CC(C)Cc1noc(C2CCC(C(=O)O)C2)n1. The minimum atomic E-state index is -0.714. The summed E-state index contributed by atoms with van der Waals surface area (Å²) >= 11 is 0. The molecule has 17 heavy (non-hydrogen) atoms. The molecule has 0 spiro atoms. The number of hydrogen-bond acceptors (Lipinski definition) is 4. The van der Waals surface area contributed by atoms with Crippen molar-refractivity contribution < 1.29 is 14.4 Å². The monoisotopic (exact) mass is 238 g/mol. The third kappa shape index (κ3) is 2.84. The largest absolute Gasteiger partial charge is 0.481 e. The number of carboxylic acid groups (broad SMARTS) is 1. The predicted molar refractivity (Wildman–Crippen MR) is 60.6 cm³/mol. The van der Waals surface area contributed by atoms with Crippen molar-refractivity contribution in [3.63, 3.8) is 0 Å². The van der Waals surface area contributed by atoms with Crippen LogP contribution in [0.25, 0.3) is 0 Å². The second kappa shape index (κ2) is 4.85. The third-order valence-corrected chi connectivity index (χ3v) is 3.21. The second-order valence-corrected chi connectivity index (χ2v) is 5.19. The van der Waals surface area contributed by atoms with E-state index in [2.05, 4.69) is 24.0 Å². The maximum absolute atomic E-state index is 10.9. The quantitative estimate of drug-likeness (QED) is 0.870. The summed E-state index contributed by atoms with van der Waals surface area (Å²) in [7, 11) is 0. The molecule has 0 amide bonds. The van der Waals surface area contributed by atoms with E-state index < -0.39 is 5.97 Å². The van der Waals surface area contributed by atoms with Crippen molar-refractivity contribution in [3.05, 3.63) is 11.7 Å². The third-order valence-electron chi connectivity index (χ3n) is 3.21. The van der Waals surface area contributed by atoms with Crippen LogP contribution in [0.5, 0.6) is 0 Å². The van der Waals surface area contributed by atoms with Gasteiger partial charge in [0.15, 0.2) is 5.82 Å². The molecule has 2 atom stereocenters. The van der Waals surface area contributed by atoms with E-state index in [0.717, 1.165) is 18.7 Å². The van der Waals surface area contributed by atoms with Crippen LogP contribution in [0, 0.1) is 11.8 Å². The molecule has 1 aromatic rings. The first-order chi connectivity index (χ1) is 8.06. The van der Waals surface area contributed by atoms with Gasteiger partial charge in [0.1, 0.15) is 0 Å². The summed E-state index contributed by atoms with van der Waals surface area (Å²) in [4.78, 5) is 15.2. The summed E-state index contributed by atoms with van der Waals surface area (Å²) in [5, 5.41) is 12.9. The first kappa shape index (κ1) is 12.1. The van der Waals surface area contributed by atoms with Crippen molar-refractivity contribution in [2.45, 2.75) is 45.4 Å². The molecule has 1 heterocycles. The zero-order valence-corrected chi connectivity index (χ0v) is 10.2. The lowest BCUT2D eigenvalue weighted by Gasteiger charge is -2.02. The predicted octanol–water partition coefficient (Wildman–Crippen LogP) is 2.24. The van der Waals surface area contributed by atoms with Gasteiger partial charge in [0.2, 0.25) is 5.89 Å². The molecule has 2 unspecified atom stereocenters. The summed E-state index contributed by atoms with van der Waals surface area (Å²) in [6.07, 6.45) is 2.97. The molecule has 0 saturated heterocycles. The van der Waals surface area contributed by atoms with Gasteiger partial charge in [-0.3, -0.25) is 4.79 Å². The van der Waals surface area contributed by atoms with E-state index in [0.29, 0.717) is 24.7 Å². The van der Waals surface area contributed by atoms with E-state index in [9.17, 15) is 4.79 Å². The number of carboxylic acids is 1. The Balaban J connectivity index is 1.99. The molecule has 0 bridgehead atoms. The van der Waals surface area contributed by atoms with Crippen LogP contribution in [0.2, 0.25) is 0 Å². The van der Waals surface area contributed by atoms with Gasteiger partial charge >= 0.3 is 5.97 Å². The molecule has 0 aliphatic heterocycles. The number of nitrogens with zero attached hydrogens (tertiary/aromatic N) is 2. The molecule has 0 aromatic carbocycles. The molecular formula is C12H18N2O3. The molecule has 2 rings (SSSR count). The Hall–Kier alpha value is -1.39. The van der Waals surface area contributed by atoms with Crippen molar-refractivity contribution >= 4 is 5.97 Å². The molecule has 1 aliphatic carbocycles. The topological polar surface area (TPSA) is 76.2 Å². The zero-order chi connectivity index (χ0) is 12.4. The van der Waals surface area contributed by atoms with E-state index in [-0.39, 0.29) is 11.8 Å². The first-order valence-electron chi connectivity index (χ1n) is 6.11. The van der Waals surface area contributed by atoms with Crippen LogP contribution in [0.3, 0.4) is 0 Å². The summed E-state index contributed by atoms with van der Waals surface area (Å²) < 4.78 is 5.22. The highest BCUT2D eigenvalue weighted by atomic mass is 16.5. The van der Waals surface area contributed by atoms with E-state index in [1.54, 1.807) is 0 Å². The summed E-state index contributed by atoms with van der Waals surface area (Å²) in [6, 6.07) is 0. The average Bonchev–Trinajstić information content (AvgIpc) is 2.83. The molecular weight excluding hydrogens is 220 g/mol. The molecule has 1 aliphatic rings. The summed E-state index contributed by atoms with van der Waals surface area (Å²) in [5.74, 6) is 1.01. The Bertz CT molecular complexity index is 400. The molecule has 5 heteroatoms. The van der Waals surface area contributed by atoms with Gasteiger partial charge < -0.3 is 9.63 Å². The molecule has 94 valence electrons. The van der Waals surface area contributed by atoms with Gasteiger partial charge in [-0.25, -0.2) is 0 Å². The van der Waals surface area contributed by atoms with Crippen molar-refractivity contribution in [1.29, 1.82) is 0 Å². The number of aromatic nitrogens is 2. The highest BCUT2D eigenvalue weighted by Crippen LogP contribution is 2.37. The molecule has 1 saturated carbocycles. The fraction of sp³-hybridized carbons (Fsp3) is 0.750. The maximum Gasteiger partial charge on any atom is 0.306 e. The van der Waals surface area contributed by atoms with Crippen LogP contribution in [0.1, 0.15) is 50.7 Å². The summed E-state index contributed by atoms with van der Waals surface area (Å²) in [6.45, 7) is 4.21. The Morgan fingerprint density at radius 1 is 1.53 bits per heavy atom. The van der Waals surface area contributed by atoms with Crippen LogP contribution in [-0.4, -0.2) is 21.2 Å². The van der Waals surface area contributed by atoms with Gasteiger partial charge in [-0.05, 0) is 25.2 Å². The molecule has 5 nitrogen and oxygen atoms in total. The minimum Gasteiger partial charge on any atom is -0.481 e. The molecule has 1 aromatic heterocycles. The van der Waals surface area contributed by atoms with Gasteiger partial charge in [-0.15, -0.1) is 0 Å². The van der Waals surface area contributed by atoms with E-state index in [1.807, 2.05) is 0 Å². The van der Waals surface area contributed by atoms with E-state index >= 15 is 0 Å². The maximum atomic E-state index is 10.9. The van der Waals surface area contributed by atoms with Gasteiger partial charge in [0, 0.05) is 12.3 Å². The molecule has 1 fully saturated rings. The zero-order valence-electron chi connectivity index (χ0n) is 10.2. The number of hydrogen-bond donors (Lipinski definition) is 1. The van der Waals surface area contributed by atoms with E-state index in [4.69, 9.17) is 9.63 Å². The number of aliphatic carboxylic acids is 1. The van der Waals surface area contributed by atoms with Crippen LogP contribution in [0.15, 0.2) is 4.52 Å². The Labute approximate surface area is 100 Å². The first-order valence-corrected chi connectivity index (χ1v) is 6.11. The van der Waals surface area contributed by atoms with Gasteiger partial charge in [-0.1, -0.05) is 19.0 Å². The smallest absolute Gasteiger partial charge is 0.306 e. The number of carbonyl (C=O) groups is 1. The lowest BCUT2D eigenvalue weighted by atomic mass is 10.1. The van der Waals surface area contributed by atoms with E-state index in [1.165, 1.54) is 0 Å². The van der Waals surface area contributed by atoms with Gasteiger partial charge in [0.25, 0.3) is 0 Å². The highest BCUT2D eigenvalue weighted by molar-refractivity contribution is 5.70. The van der Waals surface area contributed by atoms with Crippen molar-refractivity contribution in [2.24, 2.45) is 11.8 Å². The van der Waals surface area contributed by atoms with Crippen molar-refractivity contribution in [2.75, 3.05) is 0 Å². The standard InChI is InChI=1S/C12H18N2O3/c1-7(2)5-10-13-11(17-14-10)8-3-4-9(6-8)12(15)16/h7-9H,3-6H2,1-2H3,(H,15,16). The molecule has 1 N–H and O–H groups in total. The average molecular weight is 238 g/mol. The fourth-order valence-electron chi connectivity index (χ4n) is 2.31. The van der Waals surface area contributed by atoms with Crippen LogP contribution in [-0.2, 0) is 11.2 Å². The van der Waals surface area contributed by atoms with Crippen LogP contribution < -0.4 is 0 Å². The Morgan fingerprint density at radius 2 is 2.29 bits per heavy atom. The fourth-order valence-corrected chi connectivity index (χ4v) is 2.31. The second-order valence-electron chi connectivity index (χ2n) is 5.19. The van der Waals surface area contributed by atoms with Crippen molar-refractivity contribution in [1.82, 2.24) is 10.1 Å².